The number of nitrogens with one attached hydrogen (secondary N) is 6. The van der Waals surface area contributed by atoms with Crippen molar-refractivity contribution in [3.05, 3.63) is 114 Å². The quantitative estimate of drug-likeness (QED) is 0.00997. The minimum absolute atomic E-state index is 0.0159. The molecule has 91 heavy (non-hydrogen) atoms. The molecule has 0 atom stereocenters. The van der Waals surface area contributed by atoms with E-state index in [9.17, 15) is 71.1 Å². The molecule has 0 unspecified atom stereocenters. The zero-order valence-electron chi connectivity index (χ0n) is 48.0. The molecular weight excluding hydrogens is 1310 g/mol. The van der Waals surface area contributed by atoms with Crippen LogP contribution in [0.1, 0.15) is 67.9 Å². The molecule has 6 N–H and O–H groups in total. The molecule has 31 nitrogen and oxygen atoms in total. The zero-order valence-corrected chi connectivity index (χ0v) is 51.2. The molecule has 3 amide bonds. The lowest BCUT2D eigenvalue weighted by Crippen LogP contribution is -2.27. The minimum atomic E-state index is -4.97. The summed E-state index contributed by atoms with van der Waals surface area (Å²) in [6.45, 7) is 14.9. The SMILES string of the molecule is CC(C)(C)OC(=O)Nc1ccc(C(F)(F)F)cc1Nc1ncc([N+](=O)[O-])c(SC#N)n1.CC(C)(C)OC(=O)Nc1ccc(Cl)cc1Nc1ncc([N+](=O)[O-])c(SC#N)n1.CC(C)(C)OC(=O)Nc1ccc(OC(F)(F)F)cc1Nc1ncc([N+](=O)[O-])c(SC#N)n1. The second-order valence-corrected chi connectivity index (χ2v) is 22.7. The largest absolute Gasteiger partial charge is 0.573 e. The highest BCUT2D eigenvalue weighted by molar-refractivity contribution is 8.04. The number of thiocyanates is 3. The average molecular weight is 1350 g/mol. The van der Waals surface area contributed by atoms with Crippen LogP contribution in [0.2, 0.25) is 5.02 Å². The van der Waals surface area contributed by atoms with Gasteiger partial charge < -0.3 is 34.9 Å². The molecule has 0 saturated heterocycles. The molecule has 480 valence electrons. The highest BCUT2D eigenvalue weighted by Crippen LogP contribution is 2.38. The number of carbonyl (C=O) groups is 3. The third-order valence-corrected chi connectivity index (χ3v) is 11.4. The smallest absolute Gasteiger partial charge is 0.444 e. The molecule has 0 aliphatic heterocycles. The summed E-state index contributed by atoms with van der Waals surface area (Å²) in [6.07, 6.45) is -9.52. The first-order valence-corrected chi connectivity index (χ1v) is 27.4. The summed E-state index contributed by atoms with van der Waals surface area (Å²) in [5, 5.41) is 79.2. The Labute approximate surface area is 526 Å². The van der Waals surface area contributed by atoms with Crippen LogP contribution in [0.25, 0.3) is 0 Å². The van der Waals surface area contributed by atoms with Crippen LogP contribution in [0, 0.1) is 62.3 Å². The van der Waals surface area contributed by atoms with Crippen molar-refractivity contribution in [3.63, 3.8) is 0 Å². The number of aromatic nitrogens is 6. The van der Waals surface area contributed by atoms with Gasteiger partial charge in [0, 0.05) is 46.4 Å². The number of halogens is 7. The number of ether oxygens (including phenoxy) is 4. The van der Waals surface area contributed by atoms with E-state index >= 15 is 0 Å². The van der Waals surface area contributed by atoms with E-state index in [1.807, 2.05) is 0 Å². The molecule has 0 bridgehead atoms. The molecule has 0 spiro atoms. The van der Waals surface area contributed by atoms with E-state index in [0.717, 1.165) is 48.9 Å². The number of benzene rings is 3. The summed E-state index contributed by atoms with van der Waals surface area (Å²) in [5.41, 5.74) is -4.73. The molecule has 3 heterocycles. The second kappa shape index (κ2) is 31.1. The Morgan fingerprint density at radius 2 is 0.824 bits per heavy atom. The molecule has 0 aliphatic carbocycles. The fourth-order valence-corrected chi connectivity index (χ4v) is 7.71. The first-order chi connectivity index (χ1) is 42.2. The summed E-state index contributed by atoms with van der Waals surface area (Å²) in [5.74, 6) is -1.25. The minimum Gasteiger partial charge on any atom is -0.444 e. The van der Waals surface area contributed by atoms with E-state index in [0.29, 0.717) is 57.7 Å². The second-order valence-electron chi connectivity index (χ2n) is 20.0. The van der Waals surface area contributed by atoms with Crippen molar-refractivity contribution < 1.29 is 74.4 Å². The molecule has 6 aromatic rings. The van der Waals surface area contributed by atoms with E-state index in [-0.39, 0.29) is 55.7 Å². The Balaban J connectivity index is 0.000000292. The first kappa shape index (κ1) is 73.0. The normalized spacial score (nSPS) is 11.1. The maximum atomic E-state index is 13.1. The van der Waals surface area contributed by atoms with E-state index in [1.54, 1.807) is 90.7 Å². The van der Waals surface area contributed by atoms with Gasteiger partial charge in [0.1, 0.15) is 57.3 Å². The Morgan fingerprint density at radius 1 is 0.505 bits per heavy atom. The van der Waals surface area contributed by atoms with Crippen molar-refractivity contribution in [2.24, 2.45) is 0 Å². The van der Waals surface area contributed by atoms with Gasteiger partial charge >= 0.3 is 47.9 Å². The number of nitro groups is 3. The van der Waals surface area contributed by atoms with Crippen molar-refractivity contribution in [1.82, 2.24) is 29.9 Å². The van der Waals surface area contributed by atoms with Crippen LogP contribution in [-0.4, -0.2) is 86.1 Å². The fraction of sp³-hybridized carbons (Fsp3) is 0.280. The monoisotopic (exact) mass is 1350 g/mol. The van der Waals surface area contributed by atoms with Crippen LogP contribution in [0.15, 0.2) is 88.3 Å². The molecule has 3 aromatic carbocycles. The average Bonchev–Trinajstić information content (AvgIpc) is 2.44. The van der Waals surface area contributed by atoms with Gasteiger partial charge in [-0.15, -0.1) is 13.2 Å². The van der Waals surface area contributed by atoms with Crippen molar-refractivity contribution in [3.8, 4) is 22.0 Å². The number of hydrogen-bond donors (Lipinski definition) is 6. The van der Waals surface area contributed by atoms with Gasteiger partial charge in [0.25, 0.3) is 0 Å². The van der Waals surface area contributed by atoms with Gasteiger partial charge in [-0.3, -0.25) is 46.3 Å². The van der Waals surface area contributed by atoms with Gasteiger partial charge in [0.15, 0.2) is 15.1 Å². The van der Waals surface area contributed by atoms with Gasteiger partial charge in [-0.1, -0.05) is 11.6 Å². The first-order valence-electron chi connectivity index (χ1n) is 24.6. The zero-order chi connectivity index (χ0) is 68.4. The number of alkyl halides is 6. The Hall–Kier alpha value is -10.5. The number of thioether (sulfide) groups is 3. The number of amides is 3. The summed E-state index contributed by atoms with van der Waals surface area (Å²) in [4.78, 5) is 89.8. The van der Waals surface area contributed by atoms with Crippen molar-refractivity contribution in [1.29, 1.82) is 15.8 Å². The highest BCUT2D eigenvalue weighted by Gasteiger charge is 2.33. The fourth-order valence-electron chi connectivity index (χ4n) is 6.19. The lowest BCUT2D eigenvalue weighted by atomic mass is 10.1. The maximum absolute atomic E-state index is 13.1. The maximum Gasteiger partial charge on any atom is 0.573 e. The van der Waals surface area contributed by atoms with Crippen molar-refractivity contribution in [2.75, 3.05) is 31.9 Å². The molecule has 0 radical (unpaired) electrons. The molecule has 0 saturated carbocycles. The number of nitrogens with zero attached hydrogens (tertiary/aromatic N) is 12. The Morgan fingerprint density at radius 3 is 1.13 bits per heavy atom. The molecule has 6 rings (SSSR count). The molecule has 0 aliphatic rings. The summed E-state index contributed by atoms with van der Waals surface area (Å²) in [6, 6.07) is 10.1. The van der Waals surface area contributed by atoms with E-state index in [4.69, 9.17) is 41.6 Å². The topological polar surface area (TPSA) is 438 Å². The Kier molecular flexibility index (Phi) is 24.9. The molecular formula is C50H45ClF6N18O13S3. The lowest BCUT2D eigenvalue weighted by molar-refractivity contribution is -0.388. The van der Waals surface area contributed by atoms with Gasteiger partial charge in [-0.25, -0.2) is 29.3 Å². The number of carbonyl (C=O) groups excluding carboxylic acids is 3. The highest BCUT2D eigenvalue weighted by atomic mass is 35.5. The van der Waals surface area contributed by atoms with Crippen LogP contribution in [0.3, 0.4) is 0 Å². The van der Waals surface area contributed by atoms with Crippen molar-refractivity contribution >= 4 is 134 Å². The summed E-state index contributed by atoms with van der Waals surface area (Å²) < 4.78 is 96.5. The number of anilines is 9. The van der Waals surface area contributed by atoms with Gasteiger partial charge in [0.05, 0.1) is 54.5 Å². The van der Waals surface area contributed by atoms with Crippen LogP contribution in [0.4, 0.5) is 110 Å². The van der Waals surface area contributed by atoms with Crippen LogP contribution < -0.4 is 36.6 Å². The van der Waals surface area contributed by atoms with E-state index in [1.165, 1.54) is 6.07 Å². The van der Waals surface area contributed by atoms with Gasteiger partial charge in [-0.2, -0.15) is 43.9 Å². The molecule has 0 fully saturated rings. The number of rotatable bonds is 16. The third kappa shape index (κ3) is 24.9. The van der Waals surface area contributed by atoms with E-state index in [2.05, 4.69) is 66.5 Å². The van der Waals surface area contributed by atoms with Crippen LogP contribution in [0.5, 0.6) is 5.75 Å². The number of hydrogen-bond acceptors (Lipinski definition) is 28. The van der Waals surface area contributed by atoms with Gasteiger partial charge in [0.2, 0.25) is 17.8 Å². The number of nitriles is 3. The molecule has 3 aromatic heterocycles. The molecule has 41 heteroatoms. The summed E-state index contributed by atoms with van der Waals surface area (Å²) in [7, 11) is 0. The predicted octanol–water partition coefficient (Wildman–Crippen LogP) is 14.7. The summed E-state index contributed by atoms with van der Waals surface area (Å²) >= 11 is 7.33. The van der Waals surface area contributed by atoms with Gasteiger partial charge in [-0.05, 0) is 111 Å². The third-order valence-electron chi connectivity index (χ3n) is 9.42. The standard InChI is InChI=1S/C17H15F3N6O5S.C17H15F3N6O4S.C16H15ClN6O4S/c1-16(2,3)31-15(27)24-10-5-4-9(30-17(18,19)20)6-11(10)23-14-22-7-12(26(28)29)13(25-14)32-8-21;1-16(2,3)30-15(27)24-10-5-4-9(17(18,19)20)6-11(10)23-14-22-7-12(26(28)29)13(25-14)31-8-21;1-16(2,3)27-15(24)21-10-5-4-9(17)6-11(10)20-14-19-7-12(23(25)26)13(22-14)28-8-18/h4-7H,1-3H3,(H,24,27)(H,22,23,25);4-7H,1-3H3,(H,24,27)(H,22,23,25);4-7H,1-3H3,(H,21,24)(H,19,20,22). The lowest BCUT2D eigenvalue weighted by Gasteiger charge is -2.21. The predicted molar refractivity (Wildman–Crippen MR) is 316 cm³/mol. The Bertz CT molecular complexity index is 3860. The van der Waals surface area contributed by atoms with Crippen LogP contribution >= 0.6 is 46.9 Å². The van der Waals surface area contributed by atoms with Crippen molar-refractivity contribution in [2.45, 2.75) is 107 Å². The van der Waals surface area contributed by atoms with Crippen LogP contribution in [-0.2, 0) is 20.4 Å². The van der Waals surface area contributed by atoms with E-state index < -0.39 is 90.8 Å².